The van der Waals surface area contributed by atoms with Gasteiger partial charge in [-0.05, 0) is 19.9 Å². The predicted molar refractivity (Wildman–Crippen MR) is 76.1 cm³/mol. The Labute approximate surface area is 118 Å². The summed E-state index contributed by atoms with van der Waals surface area (Å²) in [5.41, 5.74) is 0.203. The number of amides is 1. The Morgan fingerprint density at radius 2 is 2.30 bits per heavy atom. The van der Waals surface area contributed by atoms with E-state index in [9.17, 15) is 4.79 Å². The highest BCUT2D eigenvalue weighted by Crippen LogP contribution is 2.30. The number of rotatable bonds is 4. The highest BCUT2D eigenvalue weighted by atomic mass is 16.6. The Kier molecular flexibility index (Phi) is 4.50. The number of carbonyl (C=O) groups is 1. The minimum atomic E-state index is -0.675. The quantitative estimate of drug-likeness (QED) is 0.914. The molecule has 2 atom stereocenters. The molecule has 0 radical (unpaired) electrons. The van der Waals surface area contributed by atoms with Gasteiger partial charge >= 0.3 is 6.09 Å². The molecule has 0 saturated carbocycles. The molecule has 0 saturated heterocycles. The van der Waals surface area contributed by atoms with Crippen LogP contribution in [0.1, 0.15) is 19.5 Å². The van der Waals surface area contributed by atoms with E-state index >= 15 is 0 Å². The maximum Gasteiger partial charge on any atom is 0.408 e. The molecule has 1 aliphatic rings. The van der Waals surface area contributed by atoms with E-state index in [2.05, 4.69) is 15.3 Å². The zero-order valence-electron chi connectivity index (χ0n) is 11.7. The summed E-state index contributed by atoms with van der Waals surface area (Å²) in [4.78, 5) is 20.0. The molecule has 5 nitrogen and oxygen atoms in total. The third-order valence-electron chi connectivity index (χ3n) is 3.30. The molecular formula is C15H19N3O2. The van der Waals surface area contributed by atoms with Crippen molar-refractivity contribution >= 4 is 6.09 Å². The summed E-state index contributed by atoms with van der Waals surface area (Å²) in [6, 6.07) is 0. The lowest BCUT2D eigenvalue weighted by atomic mass is 9.82. The molecule has 2 unspecified atom stereocenters. The van der Waals surface area contributed by atoms with Gasteiger partial charge in [-0.1, -0.05) is 18.2 Å². The number of hydrogen-bond acceptors (Lipinski definition) is 4. The van der Waals surface area contributed by atoms with Gasteiger partial charge in [-0.25, -0.2) is 4.79 Å². The Morgan fingerprint density at radius 3 is 3.00 bits per heavy atom. The van der Waals surface area contributed by atoms with Crippen LogP contribution in [-0.4, -0.2) is 28.2 Å². The molecule has 1 aliphatic carbocycles. The van der Waals surface area contributed by atoms with Crippen LogP contribution in [0.25, 0.3) is 0 Å². The van der Waals surface area contributed by atoms with Gasteiger partial charge in [0.05, 0.1) is 5.69 Å². The fourth-order valence-corrected chi connectivity index (χ4v) is 2.18. The monoisotopic (exact) mass is 273 g/mol. The van der Waals surface area contributed by atoms with E-state index in [-0.39, 0.29) is 5.92 Å². The van der Waals surface area contributed by atoms with Gasteiger partial charge in [0.1, 0.15) is 5.60 Å². The second-order valence-electron chi connectivity index (χ2n) is 4.86. The highest BCUT2D eigenvalue weighted by Gasteiger charge is 2.35. The summed E-state index contributed by atoms with van der Waals surface area (Å²) < 4.78 is 5.57. The van der Waals surface area contributed by atoms with Gasteiger partial charge in [0.25, 0.3) is 0 Å². The number of aromatic nitrogens is 2. The molecule has 1 amide bonds. The van der Waals surface area contributed by atoms with Crippen molar-refractivity contribution in [1.82, 2.24) is 15.3 Å². The van der Waals surface area contributed by atoms with Crippen LogP contribution in [-0.2, 0) is 11.2 Å². The van der Waals surface area contributed by atoms with Crippen LogP contribution >= 0.6 is 0 Å². The summed E-state index contributed by atoms with van der Waals surface area (Å²) in [6.45, 7) is 4.31. The Bertz CT molecular complexity index is 513. The second kappa shape index (κ2) is 6.32. The Morgan fingerprint density at radius 1 is 1.45 bits per heavy atom. The van der Waals surface area contributed by atoms with E-state index in [0.29, 0.717) is 13.0 Å². The van der Waals surface area contributed by atoms with Crippen LogP contribution < -0.4 is 5.32 Å². The number of carbonyl (C=O) groups excluding carboxylic acids is 1. The van der Waals surface area contributed by atoms with Crippen molar-refractivity contribution < 1.29 is 9.53 Å². The average Bonchev–Trinajstić information content (AvgIpc) is 2.43. The maximum atomic E-state index is 11.7. The van der Waals surface area contributed by atoms with E-state index in [1.54, 1.807) is 18.6 Å². The van der Waals surface area contributed by atoms with Gasteiger partial charge < -0.3 is 10.1 Å². The number of nitrogens with zero attached hydrogens (tertiary/aromatic N) is 2. The van der Waals surface area contributed by atoms with Gasteiger partial charge in [0.2, 0.25) is 0 Å². The fraction of sp³-hybridized carbons (Fsp3) is 0.400. The molecule has 20 heavy (non-hydrogen) atoms. The number of nitrogens with one attached hydrogen (secondary N) is 1. The highest BCUT2D eigenvalue weighted by molar-refractivity contribution is 5.68. The lowest BCUT2D eigenvalue weighted by Crippen LogP contribution is -2.42. The normalized spacial score (nSPS) is 24.4. The molecule has 5 heteroatoms. The van der Waals surface area contributed by atoms with Crippen LogP contribution in [0.3, 0.4) is 0 Å². The van der Waals surface area contributed by atoms with Crippen LogP contribution in [0.2, 0.25) is 0 Å². The second-order valence-corrected chi connectivity index (χ2v) is 4.86. The van der Waals surface area contributed by atoms with Gasteiger partial charge in [-0.3, -0.25) is 9.97 Å². The number of hydrogen-bond donors (Lipinski definition) is 1. The smallest absolute Gasteiger partial charge is 0.408 e. The molecule has 0 bridgehead atoms. The van der Waals surface area contributed by atoms with Crippen LogP contribution in [0.15, 0.2) is 42.9 Å². The number of ether oxygens (including phenoxy) is 1. The minimum absolute atomic E-state index is 0.0341. The molecule has 1 aromatic heterocycles. The summed E-state index contributed by atoms with van der Waals surface area (Å²) in [7, 11) is 0. The average molecular weight is 273 g/mol. The van der Waals surface area contributed by atoms with Crippen molar-refractivity contribution in [1.29, 1.82) is 0 Å². The first-order valence-electron chi connectivity index (χ1n) is 6.72. The molecule has 1 N–H and O–H groups in total. The van der Waals surface area contributed by atoms with Crippen molar-refractivity contribution in [3.05, 3.63) is 48.6 Å². The standard InChI is InChI=1S/C15H19N3O2/c1-3-17-14(19)20-15(2)7-5-4-6-12(15)10-13-11-16-8-9-18-13/h4-9,11-12H,3,10H2,1-2H3,(H,17,19). The minimum Gasteiger partial charge on any atom is -0.438 e. The molecule has 0 fully saturated rings. The van der Waals surface area contributed by atoms with Gasteiger partial charge in [-0.2, -0.15) is 0 Å². The SMILES string of the molecule is CCNC(=O)OC1(C)C=CC=CC1Cc1cnccn1. The molecule has 1 heterocycles. The first-order chi connectivity index (χ1) is 9.64. The van der Waals surface area contributed by atoms with Crippen molar-refractivity contribution in [2.75, 3.05) is 6.54 Å². The Hall–Kier alpha value is -2.17. The molecular weight excluding hydrogens is 254 g/mol. The van der Waals surface area contributed by atoms with E-state index in [1.807, 2.05) is 38.2 Å². The zero-order chi connectivity index (χ0) is 14.4. The third kappa shape index (κ3) is 3.44. The maximum absolute atomic E-state index is 11.7. The summed E-state index contributed by atoms with van der Waals surface area (Å²) in [6.07, 6.45) is 13.1. The van der Waals surface area contributed by atoms with E-state index < -0.39 is 11.7 Å². The van der Waals surface area contributed by atoms with Crippen molar-refractivity contribution in [2.45, 2.75) is 25.9 Å². The third-order valence-corrected chi connectivity index (χ3v) is 3.30. The molecule has 106 valence electrons. The van der Waals surface area contributed by atoms with Gasteiger partial charge in [0.15, 0.2) is 0 Å². The summed E-state index contributed by atoms with van der Waals surface area (Å²) in [5.74, 6) is 0.0341. The largest absolute Gasteiger partial charge is 0.438 e. The van der Waals surface area contributed by atoms with Crippen molar-refractivity contribution in [3.63, 3.8) is 0 Å². The van der Waals surface area contributed by atoms with E-state index in [4.69, 9.17) is 4.74 Å². The Balaban J connectivity index is 2.11. The van der Waals surface area contributed by atoms with Crippen LogP contribution in [0, 0.1) is 5.92 Å². The predicted octanol–water partition coefficient (Wildman–Crippen LogP) is 2.27. The first kappa shape index (κ1) is 14.2. The van der Waals surface area contributed by atoms with Crippen LogP contribution in [0.5, 0.6) is 0 Å². The fourth-order valence-electron chi connectivity index (χ4n) is 2.18. The molecule has 0 aliphatic heterocycles. The van der Waals surface area contributed by atoms with E-state index in [1.165, 1.54) is 0 Å². The van der Waals surface area contributed by atoms with E-state index in [0.717, 1.165) is 5.69 Å². The topological polar surface area (TPSA) is 64.1 Å². The molecule has 2 rings (SSSR count). The van der Waals surface area contributed by atoms with Crippen molar-refractivity contribution in [3.8, 4) is 0 Å². The summed E-state index contributed by atoms with van der Waals surface area (Å²) >= 11 is 0. The van der Waals surface area contributed by atoms with Crippen LogP contribution in [0.4, 0.5) is 4.79 Å². The lowest BCUT2D eigenvalue weighted by Gasteiger charge is -2.34. The lowest BCUT2D eigenvalue weighted by molar-refractivity contribution is 0.0298. The summed E-state index contributed by atoms with van der Waals surface area (Å²) in [5, 5.41) is 2.66. The number of allylic oxidation sites excluding steroid dienone is 2. The van der Waals surface area contributed by atoms with Gasteiger partial charge in [-0.15, -0.1) is 0 Å². The molecule has 1 aromatic rings. The van der Waals surface area contributed by atoms with Gasteiger partial charge in [0, 0.05) is 37.5 Å². The van der Waals surface area contributed by atoms with Crippen molar-refractivity contribution in [2.24, 2.45) is 5.92 Å². The zero-order valence-corrected chi connectivity index (χ0v) is 11.7. The number of alkyl carbamates (subject to hydrolysis) is 1. The first-order valence-corrected chi connectivity index (χ1v) is 6.72. The molecule has 0 spiro atoms. The molecule has 0 aromatic carbocycles.